The number of carbonyl (C=O) groups is 1. The van der Waals surface area contributed by atoms with E-state index >= 15 is 0 Å². The molecule has 3 aromatic rings. The summed E-state index contributed by atoms with van der Waals surface area (Å²) in [7, 11) is 0. The number of rotatable bonds is 8. The van der Waals surface area contributed by atoms with Gasteiger partial charge < -0.3 is 9.47 Å². The third-order valence-corrected chi connectivity index (χ3v) is 4.10. The minimum Gasteiger partial charge on any atom is -0.493 e. The largest absolute Gasteiger partial charge is 0.493 e. The van der Waals surface area contributed by atoms with E-state index in [2.05, 4.69) is 5.10 Å². The van der Waals surface area contributed by atoms with Crippen LogP contribution in [-0.4, -0.2) is 29.0 Å². The summed E-state index contributed by atoms with van der Waals surface area (Å²) in [6.45, 7) is 2.82. The van der Waals surface area contributed by atoms with Crippen molar-refractivity contribution in [1.82, 2.24) is 9.78 Å². The first-order valence-corrected chi connectivity index (χ1v) is 9.15. The summed E-state index contributed by atoms with van der Waals surface area (Å²) in [6.07, 6.45) is 1.19. The van der Waals surface area contributed by atoms with Gasteiger partial charge in [-0.2, -0.15) is 5.10 Å². The van der Waals surface area contributed by atoms with Crippen molar-refractivity contribution < 1.29 is 18.7 Å². The Morgan fingerprint density at radius 2 is 1.79 bits per heavy atom. The van der Waals surface area contributed by atoms with E-state index in [9.17, 15) is 14.0 Å². The molecule has 28 heavy (non-hydrogen) atoms. The molecule has 0 N–H and O–H groups in total. The predicted octanol–water partition coefficient (Wildman–Crippen LogP) is 3.57. The minimum absolute atomic E-state index is 0.128. The molecule has 0 atom stereocenters. The molecule has 0 aliphatic rings. The fraction of sp³-hybridized carbons (Fsp3) is 0.286. The maximum Gasteiger partial charge on any atom is 0.359 e. The average molecular weight is 384 g/mol. The zero-order chi connectivity index (χ0) is 19.9. The lowest BCUT2D eigenvalue weighted by molar-refractivity contribution is 0.0478. The number of nitrogens with zero attached hydrogens (tertiary/aromatic N) is 2. The van der Waals surface area contributed by atoms with Gasteiger partial charge in [0.1, 0.15) is 11.6 Å². The van der Waals surface area contributed by atoms with E-state index < -0.39 is 5.97 Å². The van der Waals surface area contributed by atoms with Crippen molar-refractivity contribution in [3.63, 3.8) is 0 Å². The minimum atomic E-state index is -0.581. The maximum absolute atomic E-state index is 12.9. The van der Waals surface area contributed by atoms with Crippen molar-refractivity contribution >= 4 is 16.7 Å². The SMILES string of the molecule is CCCn1nc(C(=O)OCCCOc2ccc(F)cc2)c2ccccc2c1=O. The molecule has 0 spiro atoms. The summed E-state index contributed by atoms with van der Waals surface area (Å²) in [5, 5.41) is 5.13. The van der Waals surface area contributed by atoms with Crippen LogP contribution in [-0.2, 0) is 11.3 Å². The van der Waals surface area contributed by atoms with Crippen LogP contribution in [0.25, 0.3) is 10.8 Å². The fourth-order valence-corrected chi connectivity index (χ4v) is 2.76. The van der Waals surface area contributed by atoms with Crippen molar-refractivity contribution in [3.8, 4) is 5.75 Å². The van der Waals surface area contributed by atoms with E-state index in [-0.39, 0.29) is 23.7 Å². The molecule has 1 aromatic heterocycles. The van der Waals surface area contributed by atoms with Crippen LogP contribution in [0.1, 0.15) is 30.3 Å². The van der Waals surface area contributed by atoms with Gasteiger partial charge in [0.05, 0.1) is 18.6 Å². The van der Waals surface area contributed by atoms with E-state index in [1.165, 1.54) is 28.9 Å². The number of carbonyl (C=O) groups excluding carboxylic acids is 1. The third kappa shape index (κ3) is 4.54. The van der Waals surface area contributed by atoms with E-state index in [1.54, 1.807) is 24.3 Å². The first-order valence-electron chi connectivity index (χ1n) is 9.15. The van der Waals surface area contributed by atoms with Crippen LogP contribution in [0.4, 0.5) is 4.39 Å². The van der Waals surface area contributed by atoms with Crippen LogP contribution in [0.3, 0.4) is 0 Å². The molecule has 0 amide bonds. The lowest BCUT2D eigenvalue weighted by Gasteiger charge is -2.10. The molecule has 0 aliphatic heterocycles. The van der Waals surface area contributed by atoms with Gasteiger partial charge in [0, 0.05) is 18.4 Å². The highest BCUT2D eigenvalue weighted by Crippen LogP contribution is 2.15. The van der Waals surface area contributed by atoms with Gasteiger partial charge in [0.2, 0.25) is 0 Å². The van der Waals surface area contributed by atoms with Crippen LogP contribution < -0.4 is 10.3 Å². The predicted molar refractivity (Wildman–Crippen MR) is 103 cm³/mol. The normalized spacial score (nSPS) is 10.8. The summed E-state index contributed by atoms with van der Waals surface area (Å²) in [4.78, 5) is 25.0. The monoisotopic (exact) mass is 384 g/mol. The van der Waals surface area contributed by atoms with E-state index in [0.29, 0.717) is 36.1 Å². The summed E-state index contributed by atoms with van der Waals surface area (Å²) in [5.41, 5.74) is -0.0928. The Balaban J connectivity index is 1.63. The highest BCUT2D eigenvalue weighted by molar-refractivity contribution is 6.02. The molecular formula is C21H21FN2O4. The molecule has 0 fully saturated rings. The second-order valence-corrected chi connectivity index (χ2v) is 6.21. The van der Waals surface area contributed by atoms with Crippen molar-refractivity contribution in [2.45, 2.75) is 26.3 Å². The molecule has 1 heterocycles. The summed E-state index contributed by atoms with van der Waals surface area (Å²) < 4.78 is 24.9. The molecule has 3 rings (SSSR count). The van der Waals surface area contributed by atoms with Gasteiger partial charge in [0.25, 0.3) is 5.56 Å². The van der Waals surface area contributed by atoms with Crippen LogP contribution in [0.2, 0.25) is 0 Å². The number of aromatic nitrogens is 2. The quantitative estimate of drug-likeness (QED) is 0.439. The summed E-state index contributed by atoms with van der Waals surface area (Å²) >= 11 is 0. The third-order valence-electron chi connectivity index (χ3n) is 4.10. The second-order valence-electron chi connectivity index (χ2n) is 6.21. The summed E-state index contributed by atoms with van der Waals surface area (Å²) in [5.74, 6) is -0.361. The second kappa shape index (κ2) is 9.12. The molecule has 7 heteroatoms. The van der Waals surface area contributed by atoms with Gasteiger partial charge in [-0.25, -0.2) is 13.9 Å². The topological polar surface area (TPSA) is 70.4 Å². The van der Waals surface area contributed by atoms with Crippen molar-refractivity contribution in [2.24, 2.45) is 0 Å². The Kier molecular flexibility index (Phi) is 6.37. The maximum atomic E-state index is 12.9. The van der Waals surface area contributed by atoms with Crippen molar-refractivity contribution in [2.75, 3.05) is 13.2 Å². The molecule has 0 radical (unpaired) electrons. The number of halogens is 1. The highest BCUT2D eigenvalue weighted by Gasteiger charge is 2.17. The van der Waals surface area contributed by atoms with Gasteiger partial charge in [-0.1, -0.05) is 25.1 Å². The zero-order valence-corrected chi connectivity index (χ0v) is 15.6. The number of esters is 1. The van der Waals surface area contributed by atoms with E-state index in [4.69, 9.17) is 9.47 Å². The van der Waals surface area contributed by atoms with Gasteiger partial charge in [-0.05, 0) is 36.8 Å². The fourth-order valence-electron chi connectivity index (χ4n) is 2.76. The zero-order valence-electron chi connectivity index (χ0n) is 15.6. The lowest BCUT2D eigenvalue weighted by Crippen LogP contribution is -2.26. The molecule has 0 saturated carbocycles. The molecule has 0 saturated heterocycles. The number of hydrogen-bond acceptors (Lipinski definition) is 5. The first kappa shape index (κ1) is 19.5. The van der Waals surface area contributed by atoms with Crippen LogP contribution in [0, 0.1) is 5.82 Å². The Bertz CT molecular complexity index is 1020. The van der Waals surface area contributed by atoms with Gasteiger partial charge in [0.15, 0.2) is 5.69 Å². The van der Waals surface area contributed by atoms with Crippen LogP contribution >= 0.6 is 0 Å². The molecule has 2 aromatic carbocycles. The lowest BCUT2D eigenvalue weighted by atomic mass is 10.1. The number of hydrogen-bond donors (Lipinski definition) is 0. The smallest absolute Gasteiger partial charge is 0.359 e. The van der Waals surface area contributed by atoms with E-state index in [0.717, 1.165) is 6.42 Å². The van der Waals surface area contributed by atoms with Gasteiger partial charge >= 0.3 is 5.97 Å². The Morgan fingerprint density at radius 3 is 2.50 bits per heavy atom. The van der Waals surface area contributed by atoms with Crippen LogP contribution in [0.15, 0.2) is 53.3 Å². The molecule has 0 aliphatic carbocycles. The average Bonchev–Trinajstić information content (AvgIpc) is 2.71. The molecule has 146 valence electrons. The Hall–Kier alpha value is -3.22. The molecule has 6 nitrogen and oxygen atoms in total. The molecule has 0 unspecified atom stereocenters. The number of aryl methyl sites for hydroxylation is 1. The van der Waals surface area contributed by atoms with Crippen molar-refractivity contribution in [1.29, 1.82) is 0 Å². The number of benzene rings is 2. The standard InChI is InChI=1S/C21H21FN2O4/c1-2-12-24-20(25)18-7-4-3-6-17(18)19(23-24)21(26)28-14-5-13-27-16-10-8-15(22)9-11-16/h3-4,6-11H,2,5,12-14H2,1H3. The summed E-state index contributed by atoms with van der Waals surface area (Å²) in [6, 6.07) is 12.6. The number of ether oxygens (including phenoxy) is 2. The van der Waals surface area contributed by atoms with Gasteiger partial charge in [-0.15, -0.1) is 0 Å². The Morgan fingerprint density at radius 1 is 1.07 bits per heavy atom. The van der Waals surface area contributed by atoms with E-state index in [1.807, 2.05) is 6.92 Å². The highest BCUT2D eigenvalue weighted by atomic mass is 19.1. The molecular weight excluding hydrogens is 363 g/mol. The van der Waals surface area contributed by atoms with Crippen molar-refractivity contribution in [3.05, 3.63) is 70.4 Å². The molecule has 0 bridgehead atoms. The Labute approximate surface area is 161 Å². The van der Waals surface area contributed by atoms with Crippen LogP contribution in [0.5, 0.6) is 5.75 Å². The first-order chi connectivity index (χ1) is 13.6. The van der Waals surface area contributed by atoms with Gasteiger partial charge in [-0.3, -0.25) is 4.79 Å². The number of fused-ring (bicyclic) bond motifs is 1.